The third-order valence-corrected chi connectivity index (χ3v) is 1.91. The summed E-state index contributed by atoms with van der Waals surface area (Å²) in [5.41, 5.74) is 0. The molecular formula is C6H13BF3N. The van der Waals surface area contributed by atoms with Gasteiger partial charge in [0.05, 0.1) is 0 Å². The van der Waals surface area contributed by atoms with Crippen LogP contribution in [0.2, 0.25) is 0 Å². The van der Waals surface area contributed by atoms with Crippen LogP contribution in [0.5, 0.6) is 0 Å². The van der Waals surface area contributed by atoms with Crippen molar-refractivity contribution in [3.8, 4) is 0 Å². The van der Waals surface area contributed by atoms with Gasteiger partial charge < -0.3 is 17.8 Å². The zero-order valence-corrected chi connectivity index (χ0v) is 6.40. The molecule has 0 saturated carbocycles. The quantitative estimate of drug-likeness (QED) is 0.568. The first-order valence-electron chi connectivity index (χ1n) is 4.01. The first-order chi connectivity index (χ1) is 5.08. The molecule has 11 heavy (non-hydrogen) atoms. The van der Waals surface area contributed by atoms with Crippen molar-refractivity contribution in [3.05, 3.63) is 0 Å². The minimum absolute atomic E-state index is 0. The number of hydrogen-bond acceptors (Lipinski definition) is 1. The second-order valence-corrected chi connectivity index (χ2v) is 3.07. The van der Waals surface area contributed by atoms with Crippen molar-refractivity contribution in [2.24, 2.45) is 0 Å². The number of halogens is 3. The van der Waals surface area contributed by atoms with E-state index in [1.165, 1.54) is 4.90 Å². The van der Waals surface area contributed by atoms with E-state index >= 15 is 0 Å². The van der Waals surface area contributed by atoms with Gasteiger partial charge in [-0.1, -0.05) is 6.42 Å². The second kappa shape index (κ2) is 3.47. The highest BCUT2D eigenvalue weighted by Gasteiger charge is 2.26. The molecule has 1 aliphatic rings. The standard InChI is InChI=1S/C6H12BF3N/c8-7(9,10)6-11-4-2-1-3-5-11/h1-6H2/q-1/p+1. The molecule has 1 rings (SSSR count). The molecule has 0 amide bonds. The molecule has 0 bridgehead atoms. The first-order valence-corrected chi connectivity index (χ1v) is 4.01. The van der Waals surface area contributed by atoms with Gasteiger partial charge in [-0.05, 0) is 32.4 Å². The van der Waals surface area contributed by atoms with Crippen LogP contribution in [-0.4, -0.2) is 31.4 Å². The van der Waals surface area contributed by atoms with Gasteiger partial charge >= 0.3 is 8.40 Å². The van der Waals surface area contributed by atoms with E-state index in [2.05, 4.69) is 0 Å². The highest BCUT2D eigenvalue weighted by molar-refractivity contribution is 6.58. The molecule has 1 fully saturated rings. The average Bonchev–Trinajstić information content (AvgIpc) is 1.85. The summed E-state index contributed by atoms with van der Waals surface area (Å²) in [6.45, 7) is -3.35. The van der Waals surface area contributed by atoms with Crippen LogP contribution in [0.1, 0.15) is 20.7 Å². The van der Waals surface area contributed by atoms with Crippen molar-refractivity contribution < 1.29 is 14.4 Å². The molecule has 0 radical (unpaired) electrons. The zero-order valence-electron chi connectivity index (χ0n) is 7.40. The number of likely N-dealkylation sites (tertiary alicyclic amines) is 1. The van der Waals surface area contributed by atoms with Crippen LogP contribution in [0.25, 0.3) is 0 Å². The predicted molar refractivity (Wildman–Crippen MR) is 40.5 cm³/mol. The van der Waals surface area contributed by atoms with Gasteiger partial charge in [0.25, 0.3) is 0 Å². The van der Waals surface area contributed by atoms with E-state index in [0.717, 1.165) is 19.3 Å². The number of piperidine rings is 1. The Kier molecular flexibility index (Phi) is 2.81. The largest absolute Gasteiger partial charge is 1.00 e. The monoisotopic (exact) mass is 167 g/mol. The molecule has 1 heterocycles. The highest BCUT2D eigenvalue weighted by Crippen LogP contribution is 2.15. The molecule has 0 atom stereocenters. The van der Waals surface area contributed by atoms with Crippen molar-refractivity contribution >= 4 is 6.98 Å². The maximum Gasteiger partial charge on any atom is 1.00 e. The van der Waals surface area contributed by atoms with E-state index in [9.17, 15) is 12.9 Å². The van der Waals surface area contributed by atoms with Crippen molar-refractivity contribution in [2.75, 3.05) is 19.5 Å². The van der Waals surface area contributed by atoms with Crippen molar-refractivity contribution in [1.29, 1.82) is 0 Å². The lowest BCUT2D eigenvalue weighted by Gasteiger charge is -2.30. The van der Waals surface area contributed by atoms with Crippen LogP contribution in [0, 0.1) is 0 Å². The number of hydrogen-bond donors (Lipinski definition) is 0. The Hall–Kier alpha value is -0.185. The van der Waals surface area contributed by atoms with E-state index in [0.29, 0.717) is 13.1 Å². The fourth-order valence-corrected chi connectivity index (χ4v) is 1.43. The summed E-state index contributed by atoms with van der Waals surface area (Å²) < 4.78 is 35.6. The first kappa shape index (κ1) is 8.91. The lowest BCUT2D eigenvalue weighted by atomic mass is 9.90. The Morgan fingerprint density at radius 2 is 1.64 bits per heavy atom. The Bertz CT molecular complexity index is 124. The summed E-state index contributed by atoms with van der Waals surface area (Å²) in [7, 11) is 0. The average molecular weight is 167 g/mol. The van der Waals surface area contributed by atoms with Gasteiger partial charge in [0.15, 0.2) is 0 Å². The highest BCUT2D eigenvalue weighted by atomic mass is 19.4. The van der Waals surface area contributed by atoms with Gasteiger partial charge in [-0.2, -0.15) is 0 Å². The van der Waals surface area contributed by atoms with Crippen LogP contribution < -0.4 is 0 Å². The molecule has 0 aliphatic carbocycles. The summed E-state index contributed by atoms with van der Waals surface area (Å²) in [5, 5.41) is 0. The molecule has 1 saturated heterocycles. The molecule has 5 heteroatoms. The molecule has 66 valence electrons. The Labute approximate surface area is 66.1 Å². The maximum absolute atomic E-state index is 11.9. The Morgan fingerprint density at radius 1 is 1.09 bits per heavy atom. The maximum atomic E-state index is 11.9. The van der Waals surface area contributed by atoms with Crippen LogP contribution in [0.4, 0.5) is 12.9 Å². The van der Waals surface area contributed by atoms with E-state index in [4.69, 9.17) is 0 Å². The summed E-state index contributed by atoms with van der Waals surface area (Å²) in [5.74, 6) is 0. The summed E-state index contributed by atoms with van der Waals surface area (Å²) in [6, 6.07) is 0. The summed E-state index contributed by atoms with van der Waals surface area (Å²) >= 11 is 0. The van der Waals surface area contributed by atoms with Crippen LogP contribution >= 0.6 is 0 Å². The van der Waals surface area contributed by atoms with Gasteiger partial charge in [0.1, 0.15) is 0 Å². The molecule has 0 unspecified atom stereocenters. The normalized spacial score (nSPS) is 22.1. The molecule has 0 spiro atoms. The van der Waals surface area contributed by atoms with Gasteiger partial charge in [0, 0.05) is 0 Å². The van der Waals surface area contributed by atoms with Crippen molar-refractivity contribution in [1.82, 2.24) is 4.90 Å². The SMILES string of the molecule is F[B-](F)(F)CN1CCCCC1.[H+]. The Morgan fingerprint density at radius 3 is 2.09 bits per heavy atom. The third kappa shape index (κ3) is 3.65. The van der Waals surface area contributed by atoms with Gasteiger partial charge in [-0.3, -0.25) is 0 Å². The fraction of sp³-hybridized carbons (Fsp3) is 1.00. The third-order valence-electron chi connectivity index (χ3n) is 1.91. The van der Waals surface area contributed by atoms with E-state index in [-0.39, 0.29) is 1.43 Å². The van der Waals surface area contributed by atoms with Crippen molar-refractivity contribution in [3.63, 3.8) is 0 Å². The molecular weight excluding hydrogens is 154 g/mol. The number of rotatable bonds is 2. The molecule has 0 aromatic carbocycles. The fourth-order valence-electron chi connectivity index (χ4n) is 1.43. The van der Waals surface area contributed by atoms with Gasteiger partial charge in [0.2, 0.25) is 0 Å². The molecule has 1 aliphatic heterocycles. The van der Waals surface area contributed by atoms with Gasteiger partial charge in [-0.25, -0.2) is 0 Å². The summed E-state index contributed by atoms with van der Waals surface area (Å²) in [4.78, 5) is 1.50. The molecule has 0 aromatic heterocycles. The minimum Gasteiger partial charge on any atom is -0.448 e. The van der Waals surface area contributed by atoms with Gasteiger partial charge in [-0.15, -0.1) is 0 Å². The zero-order chi connectivity index (χ0) is 8.32. The van der Waals surface area contributed by atoms with Crippen LogP contribution in [0.15, 0.2) is 0 Å². The molecule has 1 nitrogen and oxygen atoms in total. The number of nitrogens with zero attached hydrogens (tertiary/aromatic N) is 1. The van der Waals surface area contributed by atoms with Crippen LogP contribution in [0.3, 0.4) is 0 Å². The van der Waals surface area contributed by atoms with E-state index in [1.54, 1.807) is 0 Å². The van der Waals surface area contributed by atoms with E-state index in [1.807, 2.05) is 0 Å². The summed E-state index contributed by atoms with van der Waals surface area (Å²) in [6.07, 6.45) is 2.26. The van der Waals surface area contributed by atoms with Crippen LogP contribution in [-0.2, 0) is 0 Å². The lowest BCUT2D eigenvalue weighted by molar-refractivity contribution is 0.236. The lowest BCUT2D eigenvalue weighted by Crippen LogP contribution is -2.40. The van der Waals surface area contributed by atoms with Crippen molar-refractivity contribution in [2.45, 2.75) is 19.3 Å². The molecule has 0 aromatic rings. The predicted octanol–water partition coefficient (Wildman–Crippen LogP) is 1.97. The molecule has 0 N–H and O–H groups in total. The minimum atomic E-state index is -4.60. The van der Waals surface area contributed by atoms with E-state index < -0.39 is 13.4 Å². The Balaban J connectivity index is 0.00000121. The topological polar surface area (TPSA) is 3.24 Å². The smallest absolute Gasteiger partial charge is 0.448 e. The second-order valence-electron chi connectivity index (χ2n) is 3.07.